The van der Waals surface area contributed by atoms with E-state index in [4.69, 9.17) is 16.3 Å². The molecule has 0 N–H and O–H groups in total. The Balaban J connectivity index is 3.12. The van der Waals surface area contributed by atoms with Crippen molar-refractivity contribution in [2.75, 3.05) is 0 Å². The van der Waals surface area contributed by atoms with Gasteiger partial charge < -0.3 is 4.74 Å². The van der Waals surface area contributed by atoms with E-state index in [-0.39, 0.29) is 16.7 Å². The van der Waals surface area contributed by atoms with Crippen molar-refractivity contribution in [1.82, 2.24) is 4.98 Å². The Bertz CT molecular complexity index is 474. The molecule has 0 aliphatic heterocycles. The van der Waals surface area contributed by atoms with Crippen molar-refractivity contribution < 1.29 is 14.3 Å². The summed E-state index contributed by atoms with van der Waals surface area (Å²) in [6, 6.07) is 0. The number of halogens is 2. The first-order valence-electron chi connectivity index (χ1n) is 4.90. The zero-order chi connectivity index (χ0) is 13.2. The number of ether oxygens (including phenoxy) is 1. The molecule has 1 heterocycles. The van der Waals surface area contributed by atoms with Gasteiger partial charge in [-0.25, -0.2) is 4.79 Å². The minimum absolute atomic E-state index is 0.0756. The van der Waals surface area contributed by atoms with Crippen molar-refractivity contribution in [3.63, 3.8) is 0 Å². The highest BCUT2D eigenvalue weighted by molar-refractivity contribution is 9.10. The first-order chi connectivity index (χ1) is 7.84. The average Bonchev–Trinajstić information content (AvgIpc) is 2.23. The van der Waals surface area contributed by atoms with Crippen LogP contribution < -0.4 is 0 Å². The van der Waals surface area contributed by atoms with Gasteiger partial charge in [0.1, 0.15) is 0 Å². The Hall–Kier alpha value is -0.940. The normalized spacial score (nSPS) is 10.5. The van der Waals surface area contributed by atoms with Gasteiger partial charge in [0.25, 0.3) is 5.78 Å². The summed E-state index contributed by atoms with van der Waals surface area (Å²) in [7, 11) is 0. The smallest absolute Gasteiger partial charge is 0.380 e. The van der Waals surface area contributed by atoms with Crippen molar-refractivity contribution in [3.8, 4) is 0 Å². The maximum absolute atomic E-state index is 11.9. The van der Waals surface area contributed by atoms with Crippen LogP contribution in [0.3, 0.4) is 0 Å². The van der Waals surface area contributed by atoms with Gasteiger partial charge in [-0.15, -0.1) is 0 Å². The van der Waals surface area contributed by atoms with Crippen molar-refractivity contribution in [2.45, 2.75) is 26.9 Å². The number of aryl methyl sites for hydroxylation is 1. The van der Waals surface area contributed by atoms with Gasteiger partial charge in [-0.05, 0) is 36.7 Å². The molecule has 0 unspecified atom stereocenters. The predicted octanol–water partition coefficient (Wildman–Crippen LogP) is 2.94. The van der Waals surface area contributed by atoms with Crippen LogP contribution in [0.5, 0.6) is 0 Å². The van der Waals surface area contributed by atoms with Crippen LogP contribution in [0.25, 0.3) is 0 Å². The van der Waals surface area contributed by atoms with Crippen LogP contribution in [0.15, 0.2) is 10.7 Å². The highest BCUT2D eigenvalue weighted by Gasteiger charge is 2.25. The third-order valence-electron chi connectivity index (χ3n) is 1.92. The summed E-state index contributed by atoms with van der Waals surface area (Å²) < 4.78 is 5.29. The second kappa shape index (κ2) is 5.60. The third kappa shape index (κ3) is 3.26. The number of rotatable bonds is 3. The van der Waals surface area contributed by atoms with Crippen molar-refractivity contribution in [1.29, 1.82) is 0 Å². The molecule has 1 aromatic heterocycles. The maximum atomic E-state index is 11.9. The number of hydrogen-bond donors (Lipinski definition) is 0. The maximum Gasteiger partial charge on any atom is 0.380 e. The number of nitrogens with zero attached hydrogens (tertiary/aromatic N) is 1. The molecule has 0 saturated carbocycles. The van der Waals surface area contributed by atoms with Crippen LogP contribution in [0.1, 0.15) is 29.9 Å². The molecule has 0 amide bonds. The Morgan fingerprint density at radius 1 is 1.47 bits per heavy atom. The molecule has 0 spiro atoms. The summed E-state index contributed by atoms with van der Waals surface area (Å²) in [6.07, 6.45) is 1.12. The number of carbonyl (C=O) groups is 2. The largest absolute Gasteiger partial charge is 0.457 e. The van der Waals surface area contributed by atoms with E-state index in [2.05, 4.69) is 20.9 Å². The van der Waals surface area contributed by atoms with Crippen LogP contribution >= 0.6 is 27.5 Å². The Labute approximate surface area is 112 Å². The van der Waals surface area contributed by atoms with Gasteiger partial charge >= 0.3 is 5.97 Å². The predicted molar refractivity (Wildman–Crippen MR) is 67.2 cm³/mol. The van der Waals surface area contributed by atoms with E-state index in [1.165, 1.54) is 6.20 Å². The molecule has 1 rings (SSSR count). The number of Topliss-reactive ketones (excluding diaryl/α,β-unsaturated/α-hetero) is 1. The highest BCUT2D eigenvalue weighted by Crippen LogP contribution is 2.27. The summed E-state index contributed by atoms with van der Waals surface area (Å²) in [6.45, 7) is 4.94. The van der Waals surface area contributed by atoms with Gasteiger partial charge in [0.15, 0.2) is 0 Å². The molecule has 0 aliphatic rings. The number of carbonyl (C=O) groups excluding carboxylic acids is 2. The van der Waals surface area contributed by atoms with Crippen molar-refractivity contribution in [3.05, 3.63) is 26.9 Å². The molecule has 0 bridgehead atoms. The lowest BCUT2D eigenvalue weighted by Crippen LogP contribution is -2.22. The molecule has 0 aromatic carbocycles. The second-order valence-electron chi connectivity index (χ2n) is 3.66. The number of aromatic nitrogens is 1. The van der Waals surface area contributed by atoms with E-state index >= 15 is 0 Å². The van der Waals surface area contributed by atoms with Gasteiger partial charge in [0.05, 0.1) is 26.9 Å². The van der Waals surface area contributed by atoms with Crippen LogP contribution in [-0.4, -0.2) is 22.8 Å². The highest BCUT2D eigenvalue weighted by atomic mass is 79.9. The monoisotopic (exact) mass is 319 g/mol. The molecule has 92 valence electrons. The van der Waals surface area contributed by atoms with E-state index in [1.54, 1.807) is 20.8 Å². The summed E-state index contributed by atoms with van der Waals surface area (Å²) in [5.41, 5.74) is 0.468. The molecule has 6 heteroatoms. The van der Waals surface area contributed by atoms with Gasteiger partial charge in [0, 0.05) is 6.20 Å². The fourth-order valence-corrected chi connectivity index (χ4v) is 1.76. The zero-order valence-corrected chi connectivity index (χ0v) is 11.9. The van der Waals surface area contributed by atoms with Crippen LogP contribution in [-0.2, 0) is 9.53 Å². The van der Waals surface area contributed by atoms with Crippen LogP contribution in [0.2, 0.25) is 5.02 Å². The van der Waals surface area contributed by atoms with Gasteiger partial charge in [-0.3, -0.25) is 9.78 Å². The third-order valence-corrected chi connectivity index (χ3v) is 3.14. The Morgan fingerprint density at radius 3 is 2.59 bits per heavy atom. The lowest BCUT2D eigenvalue weighted by Gasteiger charge is -2.09. The molecular weight excluding hydrogens is 309 g/mol. The first kappa shape index (κ1) is 14.1. The van der Waals surface area contributed by atoms with Gasteiger partial charge in [-0.1, -0.05) is 11.6 Å². The number of pyridine rings is 1. The van der Waals surface area contributed by atoms with E-state index < -0.39 is 11.8 Å². The van der Waals surface area contributed by atoms with Crippen molar-refractivity contribution >= 4 is 39.3 Å². The SMILES string of the molecule is Cc1ncc(Br)c(Cl)c1C(=O)C(=O)OC(C)C. The summed E-state index contributed by atoms with van der Waals surface area (Å²) in [5.74, 6) is -1.71. The lowest BCUT2D eigenvalue weighted by atomic mass is 10.1. The topological polar surface area (TPSA) is 56.3 Å². The minimum Gasteiger partial charge on any atom is -0.457 e. The van der Waals surface area contributed by atoms with E-state index in [0.717, 1.165) is 0 Å². The van der Waals surface area contributed by atoms with E-state index in [0.29, 0.717) is 10.2 Å². The lowest BCUT2D eigenvalue weighted by molar-refractivity contribution is -0.141. The van der Waals surface area contributed by atoms with E-state index in [9.17, 15) is 9.59 Å². The molecule has 17 heavy (non-hydrogen) atoms. The first-order valence-corrected chi connectivity index (χ1v) is 6.07. The fourth-order valence-electron chi connectivity index (χ4n) is 1.19. The Kier molecular flexibility index (Phi) is 4.65. The summed E-state index contributed by atoms with van der Waals surface area (Å²) in [4.78, 5) is 27.3. The molecule has 0 atom stereocenters. The minimum atomic E-state index is -0.926. The zero-order valence-electron chi connectivity index (χ0n) is 9.58. The van der Waals surface area contributed by atoms with Crippen LogP contribution in [0.4, 0.5) is 0 Å². The molecule has 0 radical (unpaired) electrons. The quantitative estimate of drug-likeness (QED) is 0.488. The second-order valence-corrected chi connectivity index (χ2v) is 4.90. The van der Waals surface area contributed by atoms with Gasteiger partial charge in [-0.2, -0.15) is 0 Å². The molecule has 0 fully saturated rings. The van der Waals surface area contributed by atoms with E-state index in [1.807, 2.05) is 0 Å². The average molecular weight is 321 g/mol. The van der Waals surface area contributed by atoms with Gasteiger partial charge in [0.2, 0.25) is 0 Å². The fraction of sp³-hybridized carbons (Fsp3) is 0.364. The van der Waals surface area contributed by atoms with Crippen molar-refractivity contribution in [2.24, 2.45) is 0 Å². The molecule has 1 aromatic rings. The standard InChI is InChI=1S/C11H11BrClNO3/c1-5(2)17-11(16)10(15)8-6(3)14-4-7(12)9(8)13/h4-5H,1-3H3. The summed E-state index contributed by atoms with van der Waals surface area (Å²) >= 11 is 9.11. The van der Waals surface area contributed by atoms with Crippen LogP contribution in [0, 0.1) is 6.92 Å². The molecule has 0 saturated heterocycles. The molecule has 0 aliphatic carbocycles. The number of hydrogen-bond acceptors (Lipinski definition) is 4. The number of ketones is 1. The number of esters is 1. The summed E-state index contributed by atoms with van der Waals surface area (Å²) in [5, 5.41) is 0.170. The molecular formula is C11H11BrClNO3. The Morgan fingerprint density at radius 2 is 2.06 bits per heavy atom. The molecule has 4 nitrogen and oxygen atoms in total.